The standard InChI is InChI=1S/C12H17NO4/c1-4-5-10-9(6-7-17-10)11(14)13(3)8(2)12(15)16/h6-8H,4-5H2,1-3H3,(H,15,16). The number of aliphatic carboxylic acids is 1. The summed E-state index contributed by atoms with van der Waals surface area (Å²) >= 11 is 0. The summed E-state index contributed by atoms with van der Waals surface area (Å²) in [4.78, 5) is 24.1. The van der Waals surface area contributed by atoms with Gasteiger partial charge in [-0.05, 0) is 19.4 Å². The molecule has 1 amide bonds. The number of hydrogen-bond donors (Lipinski definition) is 1. The van der Waals surface area contributed by atoms with Crippen molar-refractivity contribution in [1.82, 2.24) is 4.90 Å². The minimum absolute atomic E-state index is 0.322. The van der Waals surface area contributed by atoms with E-state index in [1.165, 1.54) is 25.1 Å². The van der Waals surface area contributed by atoms with Crippen molar-refractivity contribution in [2.75, 3.05) is 7.05 Å². The zero-order valence-electron chi connectivity index (χ0n) is 10.3. The van der Waals surface area contributed by atoms with Crippen molar-refractivity contribution in [2.45, 2.75) is 32.7 Å². The van der Waals surface area contributed by atoms with E-state index in [-0.39, 0.29) is 5.91 Å². The van der Waals surface area contributed by atoms with E-state index in [1.54, 1.807) is 6.07 Å². The quantitative estimate of drug-likeness (QED) is 0.850. The maximum absolute atomic E-state index is 12.0. The summed E-state index contributed by atoms with van der Waals surface area (Å²) in [6.07, 6.45) is 2.99. The molecule has 0 aliphatic heterocycles. The zero-order chi connectivity index (χ0) is 13.0. The number of furan rings is 1. The van der Waals surface area contributed by atoms with Gasteiger partial charge in [0.25, 0.3) is 5.91 Å². The first kappa shape index (κ1) is 13.3. The van der Waals surface area contributed by atoms with E-state index < -0.39 is 12.0 Å². The second kappa shape index (κ2) is 5.52. The fraction of sp³-hybridized carbons (Fsp3) is 0.500. The van der Waals surface area contributed by atoms with Gasteiger partial charge in [-0.2, -0.15) is 0 Å². The first-order chi connectivity index (χ1) is 7.99. The first-order valence-electron chi connectivity index (χ1n) is 5.55. The number of carboxylic acid groups (broad SMARTS) is 1. The largest absolute Gasteiger partial charge is 0.480 e. The fourth-order valence-corrected chi connectivity index (χ4v) is 1.48. The van der Waals surface area contributed by atoms with Crippen molar-refractivity contribution < 1.29 is 19.1 Å². The lowest BCUT2D eigenvalue weighted by molar-refractivity contribution is -0.141. The summed E-state index contributed by atoms with van der Waals surface area (Å²) in [6.45, 7) is 3.46. The van der Waals surface area contributed by atoms with Crippen LogP contribution in [0.2, 0.25) is 0 Å². The Morgan fingerprint density at radius 2 is 2.18 bits per heavy atom. The maximum Gasteiger partial charge on any atom is 0.326 e. The molecule has 0 aromatic carbocycles. The topological polar surface area (TPSA) is 70.8 Å². The monoisotopic (exact) mass is 239 g/mol. The molecule has 0 saturated heterocycles. The van der Waals surface area contributed by atoms with Crippen molar-refractivity contribution in [1.29, 1.82) is 0 Å². The highest BCUT2D eigenvalue weighted by molar-refractivity contribution is 5.97. The number of amides is 1. The van der Waals surface area contributed by atoms with Crippen LogP contribution in [0.25, 0.3) is 0 Å². The molecule has 1 N–H and O–H groups in total. The normalized spacial score (nSPS) is 12.2. The van der Waals surface area contributed by atoms with E-state index in [0.29, 0.717) is 17.7 Å². The number of nitrogens with zero attached hydrogens (tertiary/aromatic N) is 1. The van der Waals surface area contributed by atoms with Crippen molar-refractivity contribution in [2.24, 2.45) is 0 Å². The van der Waals surface area contributed by atoms with Crippen LogP contribution in [0.4, 0.5) is 0 Å². The molecule has 5 heteroatoms. The lowest BCUT2D eigenvalue weighted by Crippen LogP contribution is -2.40. The van der Waals surface area contributed by atoms with Gasteiger partial charge in [0, 0.05) is 13.5 Å². The number of likely N-dealkylation sites (N-methyl/N-ethyl adjacent to an activating group) is 1. The van der Waals surface area contributed by atoms with E-state index in [1.807, 2.05) is 6.92 Å². The van der Waals surface area contributed by atoms with Crippen LogP contribution in [0.15, 0.2) is 16.7 Å². The molecule has 1 aromatic heterocycles. The van der Waals surface area contributed by atoms with Crippen LogP contribution in [0, 0.1) is 0 Å². The van der Waals surface area contributed by atoms with Gasteiger partial charge in [0.1, 0.15) is 11.8 Å². The Hall–Kier alpha value is -1.78. The Bertz CT molecular complexity index is 410. The van der Waals surface area contributed by atoms with Crippen LogP contribution >= 0.6 is 0 Å². The molecule has 1 heterocycles. The summed E-state index contributed by atoms with van der Waals surface area (Å²) in [6, 6.07) is 0.727. The van der Waals surface area contributed by atoms with Gasteiger partial charge < -0.3 is 14.4 Å². The average molecular weight is 239 g/mol. The molecule has 1 rings (SSSR count). The molecule has 0 radical (unpaired) electrons. The number of hydrogen-bond acceptors (Lipinski definition) is 3. The summed E-state index contributed by atoms with van der Waals surface area (Å²) in [5.41, 5.74) is 0.447. The molecular formula is C12H17NO4. The van der Waals surface area contributed by atoms with Gasteiger partial charge in [0.05, 0.1) is 11.8 Å². The highest BCUT2D eigenvalue weighted by Gasteiger charge is 2.25. The number of rotatable bonds is 5. The van der Waals surface area contributed by atoms with Gasteiger partial charge in [-0.1, -0.05) is 6.92 Å². The molecule has 1 aromatic rings. The molecule has 1 unspecified atom stereocenters. The Kier molecular flexibility index (Phi) is 4.31. The highest BCUT2D eigenvalue weighted by atomic mass is 16.4. The smallest absolute Gasteiger partial charge is 0.326 e. The Balaban J connectivity index is 2.88. The van der Waals surface area contributed by atoms with Crippen molar-refractivity contribution in [3.8, 4) is 0 Å². The minimum Gasteiger partial charge on any atom is -0.480 e. The van der Waals surface area contributed by atoms with Gasteiger partial charge >= 0.3 is 5.97 Å². The summed E-state index contributed by atoms with van der Waals surface area (Å²) < 4.78 is 5.22. The molecule has 0 aliphatic carbocycles. The van der Waals surface area contributed by atoms with E-state index in [0.717, 1.165) is 6.42 Å². The van der Waals surface area contributed by atoms with Gasteiger partial charge in [-0.25, -0.2) is 4.79 Å². The summed E-state index contributed by atoms with van der Waals surface area (Å²) in [7, 11) is 1.48. The molecule has 1 atom stereocenters. The van der Waals surface area contributed by atoms with Gasteiger partial charge in [-0.15, -0.1) is 0 Å². The van der Waals surface area contributed by atoms with Crippen molar-refractivity contribution in [3.63, 3.8) is 0 Å². The number of aryl methyl sites for hydroxylation is 1. The fourth-order valence-electron chi connectivity index (χ4n) is 1.48. The maximum atomic E-state index is 12.0. The third kappa shape index (κ3) is 2.87. The van der Waals surface area contributed by atoms with Crippen LogP contribution < -0.4 is 0 Å². The van der Waals surface area contributed by atoms with Gasteiger partial charge in [0.2, 0.25) is 0 Å². The Labute approximate surface area is 100 Å². The van der Waals surface area contributed by atoms with Gasteiger partial charge in [-0.3, -0.25) is 4.79 Å². The average Bonchev–Trinajstić information content (AvgIpc) is 2.74. The molecule has 17 heavy (non-hydrogen) atoms. The predicted molar refractivity (Wildman–Crippen MR) is 61.9 cm³/mol. The van der Waals surface area contributed by atoms with E-state index in [4.69, 9.17) is 9.52 Å². The predicted octanol–water partition coefficient (Wildman–Crippen LogP) is 1.78. The minimum atomic E-state index is -1.03. The number of carboxylic acids is 1. The third-order valence-corrected chi connectivity index (χ3v) is 2.71. The Morgan fingerprint density at radius 3 is 2.71 bits per heavy atom. The molecule has 94 valence electrons. The van der Waals surface area contributed by atoms with E-state index >= 15 is 0 Å². The molecule has 0 bridgehead atoms. The van der Waals surface area contributed by atoms with Crippen LogP contribution in [-0.2, 0) is 11.2 Å². The van der Waals surface area contributed by atoms with Crippen molar-refractivity contribution in [3.05, 3.63) is 23.7 Å². The van der Waals surface area contributed by atoms with Crippen molar-refractivity contribution >= 4 is 11.9 Å². The molecule has 0 saturated carbocycles. The summed E-state index contributed by atoms with van der Waals surface area (Å²) in [5.74, 6) is -0.736. The Morgan fingerprint density at radius 1 is 1.53 bits per heavy atom. The molecule has 5 nitrogen and oxygen atoms in total. The lowest BCUT2D eigenvalue weighted by Gasteiger charge is -2.21. The SMILES string of the molecule is CCCc1occc1C(=O)N(C)C(C)C(=O)O. The van der Waals surface area contributed by atoms with Crippen LogP contribution in [0.5, 0.6) is 0 Å². The first-order valence-corrected chi connectivity index (χ1v) is 5.55. The second-order valence-electron chi connectivity index (χ2n) is 3.94. The van der Waals surface area contributed by atoms with Crippen LogP contribution in [0.3, 0.4) is 0 Å². The van der Waals surface area contributed by atoms with E-state index in [9.17, 15) is 9.59 Å². The number of carbonyl (C=O) groups is 2. The molecule has 0 fully saturated rings. The number of carbonyl (C=O) groups excluding carboxylic acids is 1. The molecular weight excluding hydrogens is 222 g/mol. The zero-order valence-corrected chi connectivity index (χ0v) is 10.3. The van der Waals surface area contributed by atoms with E-state index in [2.05, 4.69) is 0 Å². The molecule has 0 aliphatic rings. The molecule has 0 spiro atoms. The lowest BCUT2D eigenvalue weighted by atomic mass is 10.1. The van der Waals surface area contributed by atoms with Gasteiger partial charge in [0.15, 0.2) is 0 Å². The van der Waals surface area contributed by atoms with Crippen LogP contribution in [-0.4, -0.2) is 35.0 Å². The third-order valence-electron chi connectivity index (χ3n) is 2.71. The van der Waals surface area contributed by atoms with Crippen LogP contribution in [0.1, 0.15) is 36.4 Å². The highest BCUT2D eigenvalue weighted by Crippen LogP contribution is 2.15. The summed E-state index contributed by atoms with van der Waals surface area (Å²) in [5, 5.41) is 8.85. The second-order valence-corrected chi connectivity index (χ2v) is 3.94.